The van der Waals surface area contributed by atoms with Crippen molar-refractivity contribution in [3.05, 3.63) is 35.1 Å². The normalized spacial score (nSPS) is 24.1. The maximum atomic E-state index is 13.8. The number of carbonyl (C=O) groups excluding carboxylic acids is 1. The lowest BCUT2D eigenvalue weighted by atomic mass is 10.1. The van der Waals surface area contributed by atoms with Crippen LogP contribution in [0.25, 0.3) is 0 Å². The van der Waals surface area contributed by atoms with Crippen LogP contribution in [0.15, 0.2) is 18.2 Å². The van der Waals surface area contributed by atoms with Crippen molar-refractivity contribution in [1.82, 2.24) is 10.2 Å². The molecule has 1 aromatic rings. The molecule has 1 amide bonds. The Bertz CT molecular complexity index is 451. The van der Waals surface area contributed by atoms with Gasteiger partial charge in [-0.1, -0.05) is 6.07 Å². The van der Waals surface area contributed by atoms with Gasteiger partial charge in [0.05, 0.1) is 5.56 Å². The number of hydrogen-bond donors (Lipinski definition) is 1. The Morgan fingerprint density at radius 3 is 2.50 bits per heavy atom. The second-order valence-corrected chi connectivity index (χ2v) is 5.16. The minimum Gasteiger partial charge on any atom is -0.335 e. The molecule has 0 bridgehead atoms. The Labute approximate surface area is 107 Å². The number of nitrogens with one attached hydrogen (secondary N) is 1. The first kappa shape index (κ1) is 13.0. The molecule has 1 aromatic carbocycles. The van der Waals surface area contributed by atoms with Crippen molar-refractivity contribution >= 4 is 5.91 Å². The molecule has 18 heavy (non-hydrogen) atoms. The molecule has 4 heteroatoms. The number of nitrogens with zero attached hydrogens (tertiary/aromatic N) is 1. The van der Waals surface area contributed by atoms with E-state index in [1.807, 2.05) is 20.8 Å². The van der Waals surface area contributed by atoms with Gasteiger partial charge in [-0.15, -0.1) is 0 Å². The summed E-state index contributed by atoms with van der Waals surface area (Å²) in [5.74, 6) is -0.647. The fourth-order valence-corrected chi connectivity index (χ4v) is 2.46. The fraction of sp³-hybridized carbons (Fsp3) is 0.500. The molecule has 2 atom stereocenters. The second kappa shape index (κ2) is 5.06. The van der Waals surface area contributed by atoms with Gasteiger partial charge in [-0.05, 0) is 38.5 Å². The molecule has 1 heterocycles. The number of amides is 1. The number of carbonyl (C=O) groups is 1. The summed E-state index contributed by atoms with van der Waals surface area (Å²) in [5, 5.41) is 3.35. The minimum absolute atomic E-state index is 0.168. The van der Waals surface area contributed by atoms with Crippen LogP contribution in [0.3, 0.4) is 0 Å². The van der Waals surface area contributed by atoms with E-state index in [1.165, 1.54) is 6.07 Å². The Hall–Kier alpha value is -1.42. The summed E-state index contributed by atoms with van der Waals surface area (Å²) in [6.07, 6.45) is 0. The molecule has 0 aromatic heterocycles. The quantitative estimate of drug-likeness (QED) is 0.826. The van der Waals surface area contributed by atoms with E-state index in [9.17, 15) is 9.18 Å². The van der Waals surface area contributed by atoms with Gasteiger partial charge in [-0.2, -0.15) is 0 Å². The van der Waals surface area contributed by atoms with E-state index in [0.29, 0.717) is 13.1 Å². The molecular formula is C14H19FN2O. The summed E-state index contributed by atoms with van der Waals surface area (Å²) in [6.45, 7) is 7.11. The Morgan fingerprint density at radius 2 is 1.94 bits per heavy atom. The van der Waals surface area contributed by atoms with E-state index in [2.05, 4.69) is 5.32 Å². The standard InChI is InChI=1S/C14H19FN2O/c1-9-4-5-12(13(15)6-9)14(18)17-7-10(2)16-11(3)8-17/h4-6,10-11,16H,7-8H2,1-3H3/t10-,11+. The van der Waals surface area contributed by atoms with Crippen LogP contribution in [-0.4, -0.2) is 36.0 Å². The van der Waals surface area contributed by atoms with E-state index >= 15 is 0 Å². The van der Waals surface area contributed by atoms with Crippen molar-refractivity contribution in [3.63, 3.8) is 0 Å². The maximum Gasteiger partial charge on any atom is 0.256 e. The average Bonchev–Trinajstić information content (AvgIpc) is 2.26. The SMILES string of the molecule is Cc1ccc(C(=O)N2C[C@@H](C)N[C@@H](C)C2)c(F)c1. The predicted octanol–water partition coefficient (Wildman–Crippen LogP) is 1.96. The molecule has 0 spiro atoms. The third-order valence-electron chi connectivity index (χ3n) is 3.20. The molecule has 3 nitrogen and oxygen atoms in total. The van der Waals surface area contributed by atoms with Gasteiger partial charge in [0.25, 0.3) is 5.91 Å². The van der Waals surface area contributed by atoms with Gasteiger partial charge in [0.2, 0.25) is 0 Å². The maximum absolute atomic E-state index is 13.8. The van der Waals surface area contributed by atoms with Crippen LogP contribution in [0.1, 0.15) is 29.8 Å². The molecule has 0 radical (unpaired) electrons. The minimum atomic E-state index is -0.432. The average molecular weight is 250 g/mol. The van der Waals surface area contributed by atoms with Gasteiger partial charge in [0.1, 0.15) is 5.82 Å². The second-order valence-electron chi connectivity index (χ2n) is 5.16. The van der Waals surface area contributed by atoms with Crippen molar-refractivity contribution in [2.45, 2.75) is 32.9 Å². The molecule has 1 aliphatic rings. The van der Waals surface area contributed by atoms with Crippen LogP contribution in [0.4, 0.5) is 4.39 Å². The van der Waals surface area contributed by atoms with Crippen molar-refractivity contribution < 1.29 is 9.18 Å². The van der Waals surface area contributed by atoms with Gasteiger partial charge < -0.3 is 10.2 Å². The summed E-state index contributed by atoms with van der Waals surface area (Å²) in [4.78, 5) is 14.0. The molecule has 1 fully saturated rings. The first-order chi connectivity index (χ1) is 8.47. The van der Waals surface area contributed by atoms with Crippen molar-refractivity contribution in [2.24, 2.45) is 0 Å². The molecule has 1 N–H and O–H groups in total. The van der Waals surface area contributed by atoms with Crippen LogP contribution in [0.5, 0.6) is 0 Å². The lowest BCUT2D eigenvalue weighted by Crippen LogP contribution is -2.55. The number of hydrogen-bond acceptors (Lipinski definition) is 2. The molecule has 2 rings (SSSR count). The lowest BCUT2D eigenvalue weighted by molar-refractivity contribution is 0.0669. The number of piperazine rings is 1. The van der Waals surface area contributed by atoms with E-state index in [0.717, 1.165) is 5.56 Å². The molecule has 0 saturated carbocycles. The predicted molar refractivity (Wildman–Crippen MR) is 69.1 cm³/mol. The highest BCUT2D eigenvalue weighted by atomic mass is 19.1. The summed E-state index contributed by atoms with van der Waals surface area (Å²) >= 11 is 0. The molecular weight excluding hydrogens is 231 g/mol. The van der Waals surface area contributed by atoms with Gasteiger partial charge >= 0.3 is 0 Å². The van der Waals surface area contributed by atoms with Crippen LogP contribution >= 0.6 is 0 Å². The molecule has 98 valence electrons. The van der Waals surface area contributed by atoms with E-state index < -0.39 is 5.82 Å². The van der Waals surface area contributed by atoms with E-state index in [1.54, 1.807) is 17.0 Å². The third kappa shape index (κ3) is 2.70. The molecule has 0 unspecified atom stereocenters. The Morgan fingerprint density at radius 1 is 1.33 bits per heavy atom. The van der Waals surface area contributed by atoms with Gasteiger partial charge in [-0.25, -0.2) is 4.39 Å². The summed E-state index contributed by atoms with van der Waals surface area (Å²) in [5.41, 5.74) is 0.994. The van der Waals surface area contributed by atoms with E-state index in [-0.39, 0.29) is 23.6 Å². The van der Waals surface area contributed by atoms with Crippen LogP contribution in [0, 0.1) is 12.7 Å². The summed E-state index contributed by atoms with van der Waals surface area (Å²) in [6, 6.07) is 5.23. The smallest absolute Gasteiger partial charge is 0.256 e. The summed E-state index contributed by atoms with van der Waals surface area (Å²) in [7, 11) is 0. The zero-order valence-electron chi connectivity index (χ0n) is 11.0. The number of rotatable bonds is 1. The Kier molecular flexibility index (Phi) is 3.66. The molecule has 0 aliphatic carbocycles. The van der Waals surface area contributed by atoms with Crippen LogP contribution < -0.4 is 5.32 Å². The monoisotopic (exact) mass is 250 g/mol. The number of aryl methyl sites for hydroxylation is 1. The van der Waals surface area contributed by atoms with Crippen molar-refractivity contribution in [3.8, 4) is 0 Å². The number of benzene rings is 1. The van der Waals surface area contributed by atoms with Gasteiger partial charge in [0.15, 0.2) is 0 Å². The molecule has 1 saturated heterocycles. The lowest BCUT2D eigenvalue weighted by Gasteiger charge is -2.36. The first-order valence-electron chi connectivity index (χ1n) is 6.29. The molecule has 1 aliphatic heterocycles. The zero-order chi connectivity index (χ0) is 13.3. The van der Waals surface area contributed by atoms with Gasteiger partial charge in [0, 0.05) is 25.2 Å². The van der Waals surface area contributed by atoms with Crippen molar-refractivity contribution in [2.75, 3.05) is 13.1 Å². The van der Waals surface area contributed by atoms with Gasteiger partial charge in [-0.3, -0.25) is 4.79 Å². The van der Waals surface area contributed by atoms with E-state index in [4.69, 9.17) is 0 Å². The highest BCUT2D eigenvalue weighted by Crippen LogP contribution is 2.15. The van der Waals surface area contributed by atoms with Crippen LogP contribution in [0.2, 0.25) is 0 Å². The number of halogens is 1. The summed E-state index contributed by atoms with van der Waals surface area (Å²) < 4.78 is 13.8. The largest absolute Gasteiger partial charge is 0.335 e. The van der Waals surface area contributed by atoms with Crippen molar-refractivity contribution in [1.29, 1.82) is 0 Å². The third-order valence-corrected chi connectivity index (χ3v) is 3.20. The Balaban J connectivity index is 2.20. The first-order valence-corrected chi connectivity index (χ1v) is 6.29. The fourth-order valence-electron chi connectivity index (χ4n) is 2.46. The van der Waals surface area contributed by atoms with Crippen LogP contribution in [-0.2, 0) is 0 Å². The zero-order valence-corrected chi connectivity index (χ0v) is 11.0. The highest BCUT2D eigenvalue weighted by Gasteiger charge is 2.26. The highest BCUT2D eigenvalue weighted by molar-refractivity contribution is 5.94. The topological polar surface area (TPSA) is 32.3 Å².